The highest BCUT2D eigenvalue weighted by Crippen LogP contribution is 2.28. The molecule has 1 heteroatoms. The molecule has 0 aromatic heterocycles. The third-order valence-electron chi connectivity index (χ3n) is 3.97. The molecular weight excluding hydrogens is 196 g/mol. The largest absolute Gasteiger partial charge is 0.300 e. The molecule has 0 aromatic rings. The van der Waals surface area contributed by atoms with Gasteiger partial charge in [-0.2, -0.15) is 0 Å². The molecule has 0 saturated carbocycles. The maximum absolute atomic E-state index is 11.3. The average molecular weight is 222 g/mol. The molecule has 0 saturated heterocycles. The van der Waals surface area contributed by atoms with Gasteiger partial charge in [0.05, 0.1) is 0 Å². The first kappa shape index (κ1) is 13.5. The van der Waals surface area contributed by atoms with E-state index in [4.69, 9.17) is 0 Å². The summed E-state index contributed by atoms with van der Waals surface area (Å²) in [6, 6.07) is 0. The Morgan fingerprint density at radius 1 is 1.38 bits per heavy atom. The van der Waals surface area contributed by atoms with Gasteiger partial charge < -0.3 is 0 Å². The first-order valence-corrected chi connectivity index (χ1v) is 6.84. The van der Waals surface area contributed by atoms with Crippen molar-refractivity contribution in [3.05, 3.63) is 11.6 Å². The monoisotopic (exact) mass is 222 g/mol. The summed E-state index contributed by atoms with van der Waals surface area (Å²) in [5, 5.41) is 0. The molecule has 1 aliphatic carbocycles. The van der Waals surface area contributed by atoms with Crippen LogP contribution in [-0.4, -0.2) is 5.78 Å². The lowest BCUT2D eigenvalue weighted by atomic mass is 9.84. The molecule has 1 aliphatic rings. The Morgan fingerprint density at radius 3 is 2.62 bits per heavy atom. The Balaban J connectivity index is 2.36. The van der Waals surface area contributed by atoms with Crippen LogP contribution in [0.3, 0.4) is 0 Å². The molecule has 0 spiro atoms. The second kappa shape index (κ2) is 6.88. The quantitative estimate of drug-likeness (QED) is 0.604. The lowest BCUT2D eigenvalue weighted by Gasteiger charge is -2.21. The molecule has 0 bridgehead atoms. The first-order chi connectivity index (χ1) is 7.65. The molecule has 0 N–H and O–H groups in total. The van der Waals surface area contributed by atoms with E-state index in [1.54, 1.807) is 12.5 Å². The van der Waals surface area contributed by atoms with Crippen LogP contribution in [0.15, 0.2) is 11.6 Å². The maximum atomic E-state index is 11.3. The number of ketones is 1. The Labute approximate surface area is 100 Å². The van der Waals surface area contributed by atoms with Gasteiger partial charge in [0, 0.05) is 5.92 Å². The van der Waals surface area contributed by atoms with E-state index in [9.17, 15) is 4.79 Å². The molecule has 0 aromatic carbocycles. The van der Waals surface area contributed by atoms with E-state index < -0.39 is 0 Å². The third-order valence-corrected chi connectivity index (χ3v) is 3.97. The summed E-state index contributed by atoms with van der Waals surface area (Å²) in [4.78, 5) is 11.3. The first-order valence-electron chi connectivity index (χ1n) is 6.84. The maximum Gasteiger partial charge on any atom is 0.132 e. The van der Waals surface area contributed by atoms with Crippen molar-refractivity contribution in [2.45, 2.75) is 65.7 Å². The van der Waals surface area contributed by atoms with Crippen molar-refractivity contribution in [3.8, 4) is 0 Å². The molecule has 0 radical (unpaired) electrons. The van der Waals surface area contributed by atoms with E-state index in [-0.39, 0.29) is 0 Å². The normalized spacial score (nSPS) is 20.1. The predicted octanol–water partition coefficient (Wildman–Crippen LogP) is 4.52. The number of rotatable bonds is 6. The third kappa shape index (κ3) is 4.11. The summed E-state index contributed by atoms with van der Waals surface area (Å²) in [5.41, 5.74) is 1.64. The van der Waals surface area contributed by atoms with E-state index in [2.05, 4.69) is 19.9 Å². The molecule has 92 valence electrons. The van der Waals surface area contributed by atoms with E-state index in [1.165, 1.54) is 32.1 Å². The zero-order valence-electron chi connectivity index (χ0n) is 11.1. The SMILES string of the molecule is CCC(CCC(C)C1=CCCCC1)C(C)=O. The van der Waals surface area contributed by atoms with Crippen LogP contribution in [0, 0.1) is 11.8 Å². The van der Waals surface area contributed by atoms with Gasteiger partial charge in [-0.1, -0.05) is 25.5 Å². The van der Waals surface area contributed by atoms with Crippen molar-refractivity contribution >= 4 is 5.78 Å². The van der Waals surface area contributed by atoms with Crippen molar-refractivity contribution < 1.29 is 4.79 Å². The summed E-state index contributed by atoms with van der Waals surface area (Å²) < 4.78 is 0. The van der Waals surface area contributed by atoms with Gasteiger partial charge in [-0.05, 0) is 57.8 Å². The molecule has 0 fully saturated rings. The number of allylic oxidation sites excluding steroid dienone is 2. The minimum Gasteiger partial charge on any atom is -0.300 e. The van der Waals surface area contributed by atoms with Crippen LogP contribution in [0.4, 0.5) is 0 Å². The lowest BCUT2D eigenvalue weighted by Crippen LogP contribution is -2.12. The molecule has 1 nitrogen and oxygen atoms in total. The topological polar surface area (TPSA) is 17.1 Å². The fourth-order valence-electron chi connectivity index (χ4n) is 2.64. The molecule has 1 rings (SSSR count). The van der Waals surface area contributed by atoms with E-state index in [0.29, 0.717) is 17.6 Å². The van der Waals surface area contributed by atoms with Gasteiger partial charge in [0.25, 0.3) is 0 Å². The predicted molar refractivity (Wildman–Crippen MR) is 69.4 cm³/mol. The van der Waals surface area contributed by atoms with E-state index in [1.807, 2.05) is 0 Å². The molecule has 0 amide bonds. The summed E-state index contributed by atoms with van der Waals surface area (Å²) in [7, 11) is 0. The molecule has 0 heterocycles. The summed E-state index contributed by atoms with van der Waals surface area (Å²) in [6.45, 7) is 6.18. The van der Waals surface area contributed by atoms with Crippen LogP contribution in [0.5, 0.6) is 0 Å². The molecule has 16 heavy (non-hydrogen) atoms. The Hall–Kier alpha value is -0.590. The van der Waals surface area contributed by atoms with Crippen molar-refractivity contribution in [1.82, 2.24) is 0 Å². The van der Waals surface area contributed by atoms with Crippen molar-refractivity contribution in [1.29, 1.82) is 0 Å². The second-order valence-corrected chi connectivity index (χ2v) is 5.22. The van der Waals surface area contributed by atoms with Gasteiger partial charge in [0.15, 0.2) is 0 Å². The molecule has 0 aliphatic heterocycles. The molecular formula is C15H26O. The highest BCUT2D eigenvalue weighted by atomic mass is 16.1. The second-order valence-electron chi connectivity index (χ2n) is 5.22. The number of hydrogen-bond donors (Lipinski definition) is 0. The van der Waals surface area contributed by atoms with Crippen LogP contribution >= 0.6 is 0 Å². The van der Waals surface area contributed by atoms with Crippen molar-refractivity contribution in [2.75, 3.05) is 0 Å². The number of carbonyl (C=O) groups is 1. The van der Waals surface area contributed by atoms with Crippen LogP contribution < -0.4 is 0 Å². The number of Topliss-reactive ketones (excluding diaryl/α,β-unsaturated/α-hetero) is 1. The molecule has 2 unspecified atom stereocenters. The highest BCUT2D eigenvalue weighted by molar-refractivity contribution is 5.78. The van der Waals surface area contributed by atoms with E-state index in [0.717, 1.165) is 12.8 Å². The van der Waals surface area contributed by atoms with Crippen molar-refractivity contribution in [2.24, 2.45) is 11.8 Å². The summed E-state index contributed by atoms with van der Waals surface area (Å²) in [5.74, 6) is 1.35. The van der Waals surface area contributed by atoms with Gasteiger partial charge in [-0.3, -0.25) is 4.79 Å². The van der Waals surface area contributed by atoms with Crippen LogP contribution in [0.1, 0.15) is 65.7 Å². The zero-order chi connectivity index (χ0) is 12.0. The Kier molecular flexibility index (Phi) is 5.79. The van der Waals surface area contributed by atoms with Gasteiger partial charge in [0.1, 0.15) is 5.78 Å². The van der Waals surface area contributed by atoms with Gasteiger partial charge in [-0.15, -0.1) is 0 Å². The average Bonchev–Trinajstić information content (AvgIpc) is 2.30. The smallest absolute Gasteiger partial charge is 0.132 e. The minimum atomic E-state index is 0.298. The number of hydrogen-bond acceptors (Lipinski definition) is 1. The fraction of sp³-hybridized carbons (Fsp3) is 0.800. The Bertz CT molecular complexity index is 252. The summed E-state index contributed by atoms with van der Waals surface area (Å²) >= 11 is 0. The van der Waals surface area contributed by atoms with Gasteiger partial charge >= 0.3 is 0 Å². The summed E-state index contributed by atoms with van der Waals surface area (Å²) in [6.07, 6.45) is 11.0. The fourth-order valence-corrected chi connectivity index (χ4v) is 2.64. The van der Waals surface area contributed by atoms with Gasteiger partial charge in [-0.25, -0.2) is 0 Å². The minimum absolute atomic E-state index is 0.298. The van der Waals surface area contributed by atoms with Crippen LogP contribution in [-0.2, 0) is 4.79 Å². The highest BCUT2D eigenvalue weighted by Gasteiger charge is 2.16. The number of carbonyl (C=O) groups excluding carboxylic acids is 1. The van der Waals surface area contributed by atoms with Crippen LogP contribution in [0.25, 0.3) is 0 Å². The van der Waals surface area contributed by atoms with Gasteiger partial charge in [0.2, 0.25) is 0 Å². The lowest BCUT2D eigenvalue weighted by molar-refractivity contribution is -0.121. The van der Waals surface area contributed by atoms with Crippen LogP contribution in [0.2, 0.25) is 0 Å². The zero-order valence-corrected chi connectivity index (χ0v) is 11.1. The standard InChI is InChI=1S/C15H26O/c1-4-14(13(3)16)11-10-12(2)15-8-6-5-7-9-15/h8,12,14H,4-7,9-11H2,1-3H3. The molecule has 2 atom stereocenters. The Morgan fingerprint density at radius 2 is 2.12 bits per heavy atom. The van der Waals surface area contributed by atoms with E-state index >= 15 is 0 Å². The van der Waals surface area contributed by atoms with Crippen molar-refractivity contribution in [3.63, 3.8) is 0 Å².